The maximum absolute atomic E-state index is 9.93. The molecule has 0 spiro atoms. The van der Waals surface area contributed by atoms with Crippen molar-refractivity contribution in [2.24, 2.45) is 5.41 Å². The highest BCUT2D eigenvalue weighted by Crippen LogP contribution is 2.25. The predicted molar refractivity (Wildman–Crippen MR) is 82.3 cm³/mol. The van der Waals surface area contributed by atoms with E-state index < -0.39 is 0 Å². The molecule has 112 valence electrons. The first-order valence-corrected chi connectivity index (χ1v) is 7.57. The molecule has 0 saturated heterocycles. The molecular formula is C17H27NO2. The van der Waals surface area contributed by atoms with Gasteiger partial charge in [-0.2, -0.15) is 0 Å². The number of rotatable bonds is 6. The SMILES string of the molecule is CC(C)(C)CC(O)CNCCc1ccc2c(c1)CCO2. The van der Waals surface area contributed by atoms with Gasteiger partial charge in [0.1, 0.15) is 5.75 Å². The molecular weight excluding hydrogens is 250 g/mol. The van der Waals surface area contributed by atoms with Crippen molar-refractivity contribution in [3.05, 3.63) is 29.3 Å². The van der Waals surface area contributed by atoms with E-state index in [1.807, 2.05) is 0 Å². The summed E-state index contributed by atoms with van der Waals surface area (Å²) in [5.41, 5.74) is 2.85. The zero-order valence-corrected chi connectivity index (χ0v) is 12.9. The van der Waals surface area contributed by atoms with Gasteiger partial charge in [-0.3, -0.25) is 0 Å². The topological polar surface area (TPSA) is 41.5 Å². The number of fused-ring (bicyclic) bond motifs is 1. The summed E-state index contributed by atoms with van der Waals surface area (Å²) in [4.78, 5) is 0. The van der Waals surface area contributed by atoms with Gasteiger partial charge in [0.25, 0.3) is 0 Å². The molecule has 1 aliphatic heterocycles. The Balaban J connectivity index is 1.68. The standard InChI is InChI=1S/C17H27NO2/c1-17(2,3)11-15(19)12-18-8-6-13-4-5-16-14(10-13)7-9-20-16/h4-5,10,15,18-19H,6-9,11-12H2,1-3H3. The molecule has 0 bridgehead atoms. The maximum Gasteiger partial charge on any atom is 0.122 e. The number of aliphatic hydroxyl groups is 1. The van der Waals surface area contributed by atoms with E-state index >= 15 is 0 Å². The summed E-state index contributed by atoms with van der Waals surface area (Å²) in [5.74, 6) is 1.04. The molecule has 0 radical (unpaired) electrons. The molecule has 0 fully saturated rings. The van der Waals surface area contributed by atoms with Gasteiger partial charge in [-0.1, -0.05) is 32.9 Å². The first-order chi connectivity index (χ1) is 9.44. The van der Waals surface area contributed by atoms with Gasteiger partial charge in [0.05, 0.1) is 12.7 Å². The van der Waals surface area contributed by atoms with Crippen molar-refractivity contribution in [2.75, 3.05) is 19.7 Å². The molecule has 1 aromatic rings. The molecule has 2 rings (SSSR count). The van der Waals surface area contributed by atoms with Crippen molar-refractivity contribution in [3.63, 3.8) is 0 Å². The predicted octanol–water partition coefficient (Wildman–Crippen LogP) is 2.55. The molecule has 0 amide bonds. The van der Waals surface area contributed by atoms with Crippen LogP contribution in [0.25, 0.3) is 0 Å². The van der Waals surface area contributed by atoms with Crippen molar-refractivity contribution in [2.45, 2.75) is 46.1 Å². The minimum absolute atomic E-state index is 0.182. The summed E-state index contributed by atoms with van der Waals surface area (Å²) >= 11 is 0. The molecule has 2 N–H and O–H groups in total. The van der Waals surface area contributed by atoms with E-state index in [4.69, 9.17) is 4.74 Å². The quantitative estimate of drug-likeness (QED) is 0.785. The van der Waals surface area contributed by atoms with Crippen LogP contribution in [0.2, 0.25) is 0 Å². The average molecular weight is 277 g/mol. The lowest BCUT2D eigenvalue weighted by atomic mass is 9.89. The smallest absolute Gasteiger partial charge is 0.122 e. The first-order valence-electron chi connectivity index (χ1n) is 7.57. The minimum Gasteiger partial charge on any atom is -0.493 e. The number of hydrogen-bond acceptors (Lipinski definition) is 3. The van der Waals surface area contributed by atoms with Crippen LogP contribution in [-0.4, -0.2) is 30.9 Å². The van der Waals surface area contributed by atoms with E-state index in [0.717, 1.165) is 38.2 Å². The second kappa shape index (κ2) is 6.59. The highest BCUT2D eigenvalue weighted by Gasteiger charge is 2.16. The molecule has 0 aliphatic carbocycles. The molecule has 0 aromatic heterocycles. The van der Waals surface area contributed by atoms with Gasteiger partial charge in [-0.25, -0.2) is 0 Å². The Morgan fingerprint density at radius 3 is 2.90 bits per heavy atom. The number of ether oxygens (including phenoxy) is 1. The Labute approximate surface area is 122 Å². The zero-order valence-electron chi connectivity index (χ0n) is 12.9. The lowest BCUT2D eigenvalue weighted by Gasteiger charge is -2.22. The van der Waals surface area contributed by atoms with Gasteiger partial charge >= 0.3 is 0 Å². The van der Waals surface area contributed by atoms with Crippen LogP contribution in [0.15, 0.2) is 18.2 Å². The number of nitrogens with one attached hydrogen (secondary N) is 1. The van der Waals surface area contributed by atoms with E-state index in [0.29, 0.717) is 6.54 Å². The van der Waals surface area contributed by atoms with Gasteiger partial charge in [0.2, 0.25) is 0 Å². The van der Waals surface area contributed by atoms with Crippen molar-refractivity contribution < 1.29 is 9.84 Å². The monoisotopic (exact) mass is 277 g/mol. The largest absolute Gasteiger partial charge is 0.493 e. The van der Waals surface area contributed by atoms with E-state index in [1.165, 1.54) is 11.1 Å². The molecule has 1 aromatic carbocycles. The van der Waals surface area contributed by atoms with Crippen LogP contribution in [0.3, 0.4) is 0 Å². The second-order valence-corrected chi connectivity index (χ2v) is 6.91. The van der Waals surface area contributed by atoms with Crippen molar-refractivity contribution >= 4 is 0 Å². The lowest BCUT2D eigenvalue weighted by molar-refractivity contribution is 0.120. The second-order valence-electron chi connectivity index (χ2n) is 6.91. The first kappa shape index (κ1) is 15.3. The fourth-order valence-corrected chi connectivity index (χ4v) is 2.68. The number of hydrogen-bond donors (Lipinski definition) is 2. The normalized spacial score (nSPS) is 15.8. The van der Waals surface area contributed by atoms with Gasteiger partial charge in [-0.05, 0) is 42.0 Å². The van der Waals surface area contributed by atoms with Gasteiger partial charge in [0.15, 0.2) is 0 Å². The van der Waals surface area contributed by atoms with Crippen LogP contribution in [-0.2, 0) is 12.8 Å². The van der Waals surface area contributed by atoms with Crippen LogP contribution in [0.5, 0.6) is 5.75 Å². The van der Waals surface area contributed by atoms with Crippen LogP contribution in [0.4, 0.5) is 0 Å². The van der Waals surface area contributed by atoms with Crippen LogP contribution in [0.1, 0.15) is 38.3 Å². The molecule has 3 heteroatoms. The van der Waals surface area contributed by atoms with Crippen molar-refractivity contribution in [3.8, 4) is 5.75 Å². The Hall–Kier alpha value is -1.06. The Morgan fingerprint density at radius 2 is 2.15 bits per heavy atom. The Bertz CT molecular complexity index is 437. The van der Waals surface area contributed by atoms with Crippen LogP contribution < -0.4 is 10.1 Å². The molecule has 1 heterocycles. The molecule has 1 atom stereocenters. The minimum atomic E-state index is -0.261. The van der Waals surface area contributed by atoms with Crippen molar-refractivity contribution in [1.29, 1.82) is 0 Å². The van der Waals surface area contributed by atoms with Gasteiger partial charge in [-0.15, -0.1) is 0 Å². The third kappa shape index (κ3) is 4.80. The van der Waals surface area contributed by atoms with Gasteiger partial charge in [0, 0.05) is 13.0 Å². The lowest BCUT2D eigenvalue weighted by Crippen LogP contribution is -2.31. The van der Waals surface area contributed by atoms with Crippen LogP contribution >= 0.6 is 0 Å². The highest BCUT2D eigenvalue weighted by molar-refractivity contribution is 5.39. The summed E-state index contributed by atoms with van der Waals surface area (Å²) in [6.07, 6.45) is 2.59. The van der Waals surface area contributed by atoms with E-state index in [1.54, 1.807) is 0 Å². The highest BCUT2D eigenvalue weighted by atomic mass is 16.5. The number of aliphatic hydroxyl groups excluding tert-OH is 1. The van der Waals surface area contributed by atoms with Gasteiger partial charge < -0.3 is 15.2 Å². The molecule has 1 aliphatic rings. The summed E-state index contributed by atoms with van der Waals surface area (Å²) in [5, 5.41) is 13.3. The van der Waals surface area contributed by atoms with E-state index in [9.17, 15) is 5.11 Å². The third-order valence-electron chi connectivity index (χ3n) is 3.57. The Kier molecular flexibility index (Phi) is 5.06. The average Bonchev–Trinajstić information content (AvgIpc) is 2.79. The third-order valence-corrected chi connectivity index (χ3v) is 3.57. The Morgan fingerprint density at radius 1 is 1.35 bits per heavy atom. The number of benzene rings is 1. The van der Waals surface area contributed by atoms with E-state index in [2.05, 4.69) is 44.3 Å². The van der Waals surface area contributed by atoms with E-state index in [-0.39, 0.29) is 11.5 Å². The summed E-state index contributed by atoms with van der Waals surface area (Å²) in [7, 11) is 0. The van der Waals surface area contributed by atoms with Crippen molar-refractivity contribution in [1.82, 2.24) is 5.32 Å². The fraction of sp³-hybridized carbons (Fsp3) is 0.647. The summed E-state index contributed by atoms with van der Waals surface area (Å²) < 4.78 is 5.51. The maximum atomic E-state index is 9.93. The molecule has 20 heavy (non-hydrogen) atoms. The zero-order chi connectivity index (χ0) is 14.6. The summed E-state index contributed by atoms with van der Waals surface area (Å²) in [6.45, 7) is 8.86. The fourth-order valence-electron chi connectivity index (χ4n) is 2.68. The van der Waals surface area contributed by atoms with Crippen LogP contribution in [0, 0.1) is 5.41 Å². The molecule has 0 saturated carbocycles. The molecule has 3 nitrogen and oxygen atoms in total. The summed E-state index contributed by atoms with van der Waals surface area (Å²) in [6, 6.07) is 6.46. The molecule has 1 unspecified atom stereocenters.